The zero-order chi connectivity index (χ0) is 12.5. The molecule has 0 saturated heterocycles. The number of hydrogen-bond acceptors (Lipinski definition) is 2. The molecule has 96 valence electrons. The molecule has 0 radical (unpaired) electrons. The highest BCUT2D eigenvalue weighted by Crippen LogP contribution is 2.18. The third-order valence-electron chi connectivity index (χ3n) is 3.05. The Labute approximate surface area is 106 Å². The Bertz CT molecular complexity index is 310. The van der Waals surface area contributed by atoms with Gasteiger partial charge in [-0.05, 0) is 51.4 Å². The summed E-state index contributed by atoms with van der Waals surface area (Å²) in [6.45, 7) is 11.1. The van der Waals surface area contributed by atoms with Gasteiger partial charge >= 0.3 is 0 Å². The first-order valence-corrected chi connectivity index (χ1v) is 6.80. The molecule has 2 heteroatoms. The van der Waals surface area contributed by atoms with Crippen molar-refractivity contribution in [3.8, 4) is 0 Å². The first kappa shape index (κ1) is 14.0. The van der Waals surface area contributed by atoms with Crippen LogP contribution in [0.25, 0.3) is 0 Å². The summed E-state index contributed by atoms with van der Waals surface area (Å²) in [7, 11) is 0. The van der Waals surface area contributed by atoms with Gasteiger partial charge in [-0.3, -0.25) is 0 Å². The number of aryl methyl sites for hydroxylation is 1. The quantitative estimate of drug-likeness (QED) is 0.695. The van der Waals surface area contributed by atoms with Crippen molar-refractivity contribution in [1.82, 2.24) is 5.32 Å². The van der Waals surface area contributed by atoms with Crippen LogP contribution in [0.1, 0.15) is 32.3 Å². The Kier molecular flexibility index (Phi) is 6.71. The second kappa shape index (κ2) is 8.13. The van der Waals surface area contributed by atoms with E-state index >= 15 is 0 Å². The van der Waals surface area contributed by atoms with Crippen LogP contribution in [0.5, 0.6) is 0 Å². The van der Waals surface area contributed by atoms with Crippen LogP contribution in [0.4, 0.5) is 5.69 Å². The number of anilines is 1. The van der Waals surface area contributed by atoms with Crippen molar-refractivity contribution < 1.29 is 0 Å². The van der Waals surface area contributed by atoms with E-state index in [1.165, 1.54) is 24.1 Å². The molecule has 0 atom stereocenters. The van der Waals surface area contributed by atoms with Crippen molar-refractivity contribution in [2.24, 2.45) is 0 Å². The van der Waals surface area contributed by atoms with Gasteiger partial charge in [-0.15, -0.1) is 0 Å². The van der Waals surface area contributed by atoms with Gasteiger partial charge < -0.3 is 10.2 Å². The monoisotopic (exact) mass is 234 g/mol. The number of nitrogens with one attached hydrogen (secondary N) is 1. The summed E-state index contributed by atoms with van der Waals surface area (Å²) < 4.78 is 0. The summed E-state index contributed by atoms with van der Waals surface area (Å²) in [4.78, 5) is 2.46. The van der Waals surface area contributed by atoms with Crippen LogP contribution in [0.15, 0.2) is 24.3 Å². The van der Waals surface area contributed by atoms with Crippen LogP contribution >= 0.6 is 0 Å². The number of hydrogen-bond donors (Lipinski definition) is 1. The molecule has 0 spiro atoms. The summed E-state index contributed by atoms with van der Waals surface area (Å²) in [5.74, 6) is 0. The molecular weight excluding hydrogens is 208 g/mol. The molecule has 17 heavy (non-hydrogen) atoms. The van der Waals surface area contributed by atoms with Crippen molar-refractivity contribution >= 4 is 5.69 Å². The standard InChI is InChI=1S/C15H26N2/c1-4-11-16-12-8-13-17(5-2)15-10-7-6-9-14(15)3/h6-7,9-10,16H,4-5,8,11-13H2,1-3H3. The molecule has 0 saturated carbocycles. The van der Waals surface area contributed by atoms with Gasteiger partial charge in [0.1, 0.15) is 0 Å². The van der Waals surface area contributed by atoms with E-state index in [1.54, 1.807) is 0 Å². The van der Waals surface area contributed by atoms with Crippen molar-refractivity contribution in [3.63, 3.8) is 0 Å². The lowest BCUT2D eigenvalue weighted by molar-refractivity contribution is 0.629. The highest BCUT2D eigenvalue weighted by atomic mass is 15.1. The topological polar surface area (TPSA) is 15.3 Å². The van der Waals surface area contributed by atoms with Crippen LogP contribution in [-0.4, -0.2) is 26.2 Å². The first-order chi connectivity index (χ1) is 8.29. The molecule has 0 aliphatic carbocycles. The fraction of sp³-hybridized carbons (Fsp3) is 0.600. The van der Waals surface area contributed by atoms with Gasteiger partial charge in [0.15, 0.2) is 0 Å². The van der Waals surface area contributed by atoms with Crippen molar-refractivity contribution in [2.45, 2.75) is 33.6 Å². The Hall–Kier alpha value is -1.02. The van der Waals surface area contributed by atoms with Gasteiger partial charge in [-0.1, -0.05) is 25.1 Å². The average molecular weight is 234 g/mol. The maximum Gasteiger partial charge on any atom is 0.0395 e. The van der Waals surface area contributed by atoms with Gasteiger partial charge in [-0.25, -0.2) is 0 Å². The SMILES string of the molecule is CCCNCCCN(CC)c1ccccc1C. The molecule has 2 nitrogen and oxygen atoms in total. The molecule has 0 amide bonds. The molecule has 1 rings (SSSR count). The minimum atomic E-state index is 1.08. The third-order valence-corrected chi connectivity index (χ3v) is 3.05. The van der Waals surface area contributed by atoms with Crippen LogP contribution in [0.2, 0.25) is 0 Å². The minimum absolute atomic E-state index is 1.08. The van der Waals surface area contributed by atoms with E-state index in [1.807, 2.05) is 0 Å². The Balaban J connectivity index is 2.41. The maximum atomic E-state index is 3.45. The fourth-order valence-electron chi connectivity index (χ4n) is 2.06. The normalized spacial score (nSPS) is 10.5. The Morgan fingerprint density at radius 1 is 1.12 bits per heavy atom. The second-order valence-electron chi connectivity index (χ2n) is 4.47. The van der Waals surface area contributed by atoms with Crippen LogP contribution in [0, 0.1) is 6.92 Å². The zero-order valence-corrected chi connectivity index (χ0v) is 11.5. The van der Waals surface area contributed by atoms with Gasteiger partial charge in [0.05, 0.1) is 0 Å². The summed E-state index contributed by atoms with van der Waals surface area (Å²) in [5, 5.41) is 3.45. The molecule has 1 aromatic rings. The number of rotatable bonds is 8. The minimum Gasteiger partial charge on any atom is -0.372 e. The molecule has 1 N–H and O–H groups in total. The highest BCUT2D eigenvalue weighted by molar-refractivity contribution is 5.52. The van der Waals surface area contributed by atoms with E-state index in [9.17, 15) is 0 Å². The van der Waals surface area contributed by atoms with Gasteiger partial charge in [0, 0.05) is 18.8 Å². The molecule has 0 fully saturated rings. The van der Waals surface area contributed by atoms with Gasteiger partial charge in [-0.2, -0.15) is 0 Å². The predicted molar refractivity (Wildman–Crippen MR) is 76.8 cm³/mol. The van der Waals surface area contributed by atoms with Crippen LogP contribution < -0.4 is 10.2 Å². The maximum absolute atomic E-state index is 3.45. The molecule has 0 bridgehead atoms. The summed E-state index contributed by atoms with van der Waals surface area (Å²) in [6, 6.07) is 8.64. The lowest BCUT2D eigenvalue weighted by atomic mass is 10.1. The Morgan fingerprint density at radius 3 is 2.53 bits per heavy atom. The number of benzene rings is 1. The zero-order valence-electron chi connectivity index (χ0n) is 11.5. The first-order valence-electron chi connectivity index (χ1n) is 6.80. The smallest absolute Gasteiger partial charge is 0.0395 e. The number of para-hydroxylation sites is 1. The molecule has 0 aliphatic heterocycles. The molecule has 0 unspecified atom stereocenters. The van der Waals surface area contributed by atoms with E-state index in [4.69, 9.17) is 0 Å². The number of nitrogens with zero attached hydrogens (tertiary/aromatic N) is 1. The summed E-state index contributed by atoms with van der Waals surface area (Å²) in [6.07, 6.45) is 2.43. The van der Waals surface area contributed by atoms with Crippen molar-refractivity contribution in [2.75, 3.05) is 31.1 Å². The predicted octanol–water partition coefficient (Wildman–Crippen LogP) is 3.21. The van der Waals surface area contributed by atoms with E-state index in [0.717, 1.165) is 26.2 Å². The van der Waals surface area contributed by atoms with E-state index in [2.05, 4.69) is 55.3 Å². The van der Waals surface area contributed by atoms with Gasteiger partial charge in [0.2, 0.25) is 0 Å². The van der Waals surface area contributed by atoms with Crippen molar-refractivity contribution in [1.29, 1.82) is 0 Å². The van der Waals surface area contributed by atoms with E-state index in [0.29, 0.717) is 0 Å². The van der Waals surface area contributed by atoms with E-state index < -0.39 is 0 Å². The molecular formula is C15H26N2. The van der Waals surface area contributed by atoms with Crippen molar-refractivity contribution in [3.05, 3.63) is 29.8 Å². The molecule has 0 aliphatic rings. The largest absolute Gasteiger partial charge is 0.372 e. The van der Waals surface area contributed by atoms with Crippen LogP contribution in [-0.2, 0) is 0 Å². The summed E-state index contributed by atoms with van der Waals surface area (Å²) in [5.41, 5.74) is 2.75. The van der Waals surface area contributed by atoms with Gasteiger partial charge in [0.25, 0.3) is 0 Å². The van der Waals surface area contributed by atoms with E-state index in [-0.39, 0.29) is 0 Å². The summed E-state index contributed by atoms with van der Waals surface area (Å²) >= 11 is 0. The fourth-order valence-corrected chi connectivity index (χ4v) is 2.06. The average Bonchev–Trinajstić information content (AvgIpc) is 2.35. The Morgan fingerprint density at radius 2 is 1.88 bits per heavy atom. The molecule has 0 heterocycles. The lowest BCUT2D eigenvalue weighted by Crippen LogP contribution is -2.28. The highest BCUT2D eigenvalue weighted by Gasteiger charge is 2.05. The molecule has 0 aromatic heterocycles. The third kappa shape index (κ3) is 4.78. The molecule has 1 aromatic carbocycles. The lowest BCUT2D eigenvalue weighted by Gasteiger charge is -2.25. The van der Waals surface area contributed by atoms with Crippen LogP contribution in [0.3, 0.4) is 0 Å². The second-order valence-corrected chi connectivity index (χ2v) is 4.47.